The molecule has 1 aromatic carbocycles. The fourth-order valence-corrected chi connectivity index (χ4v) is 3.06. The lowest BCUT2D eigenvalue weighted by atomic mass is 10.1. The van der Waals surface area contributed by atoms with Crippen molar-refractivity contribution in [1.29, 1.82) is 0 Å². The van der Waals surface area contributed by atoms with E-state index < -0.39 is 17.5 Å². The maximum Gasteiger partial charge on any atom is 0.405 e. The number of primary amides is 1. The van der Waals surface area contributed by atoms with Crippen molar-refractivity contribution in [3.63, 3.8) is 0 Å². The van der Waals surface area contributed by atoms with Crippen molar-refractivity contribution in [2.45, 2.75) is 25.0 Å². The number of benzene rings is 1. The summed E-state index contributed by atoms with van der Waals surface area (Å²) in [6, 6.07) is 10.7. The topological polar surface area (TPSA) is 94.7 Å². The van der Waals surface area contributed by atoms with E-state index in [9.17, 15) is 14.3 Å². The van der Waals surface area contributed by atoms with Crippen LogP contribution < -0.4 is 10.5 Å². The van der Waals surface area contributed by atoms with Crippen LogP contribution in [0.25, 0.3) is 0 Å². The van der Waals surface area contributed by atoms with Gasteiger partial charge in [0.1, 0.15) is 18.0 Å². The molecule has 3 N–H and O–H groups in total. The number of pyridine rings is 1. The van der Waals surface area contributed by atoms with Crippen LogP contribution in [-0.2, 0) is 16.9 Å². The van der Waals surface area contributed by atoms with Crippen molar-refractivity contribution in [3.05, 3.63) is 59.5 Å². The van der Waals surface area contributed by atoms with Crippen LogP contribution in [-0.4, -0.2) is 22.8 Å². The third kappa shape index (κ3) is 3.71. The van der Waals surface area contributed by atoms with E-state index in [4.69, 9.17) is 15.2 Å². The number of aromatic nitrogens is 1. The van der Waals surface area contributed by atoms with E-state index in [0.717, 1.165) is 11.8 Å². The maximum atomic E-state index is 13.8. The summed E-state index contributed by atoms with van der Waals surface area (Å²) in [7, 11) is 0. The van der Waals surface area contributed by atoms with E-state index in [1.165, 1.54) is 6.07 Å². The van der Waals surface area contributed by atoms with Gasteiger partial charge >= 0.3 is 6.09 Å². The molecule has 132 valence electrons. The molecular weight excluding hydrogens is 327 g/mol. The zero-order valence-corrected chi connectivity index (χ0v) is 13.5. The first-order valence-electron chi connectivity index (χ1n) is 7.97. The van der Waals surface area contributed by atoms with Crippen LogP contribution in [0.15, 0.2) is 42.6 Å². The molecule has 3 rings (SSSR count). The van der Waals surface area contributed by atoms with Crippen LogP contribution in [0, 0.1) is 11.7 Å². The summed E-state index contributed by atoms with van der Waals surface area (Å²) in [6.07, 6.45) is 0.926. The highest BCUT2D eigenvalue weighted by molar-refractivity contribution is 5.66. The van der Waals surface area contributed by atoms with Gasteiger partial charge < -0.3 is 20.3 Å². The van der Waals surface area contributed by atoms with E-state index in [1.54, 1.807) is 0 Å². The second kappa shape index (κ2) is 7.06. The van der Waals surface area contributed by atoms with Crippen LogP contribution >= 0.6 is 0 Å². The Labute approximate surface area is 144 Å². The zero-order chi connectivity index (χ0) is 17.9. The Bertz CT molecular complexity index is 756. The van der Waals surface area contributed by atoms with Crippen molar-refractivity contribution in [2.24, 2.45) is 11.7 Å². The maximum absolute atomic E-state index is 13.8. The predicted octanol–water partition coefficient (Wildman–Crippen LogP) is 2.49. The monoisotopic (exact) mass is 346 g/mol. The van der Waals surface area contributed by atoms with E-state index in [1.807, 2.05) is 30.3 Å². The summed E-state index contributed by atoms with van der Waals surface area (Å²) in [5.74, 6) is -0.538. The summed E-state index contributed by atoms with van der Waals surface area (Å²) in [5, 5.41) is 9.17. The zero-order valence-electron chi connectivity index (χ0n) is 13.5. The van der Waals surface area contributed by atoms with Gasteiger partial charge in [0, 0.05) is 12.5 Å². The van der Waals surface area contributed by atoms with Crippen LogP contribution in [0.4, 0.5) is 9.18 Å². The minimum absolute atomic E-state index is 0.0719. The Hall–Kier alpha value is -2.67. The van der Waals surface area contributed by atoms with E-state index >= 15 is 0 Å². The van der Waals surface area contributed by atoms with Crippen LogP contribution in [0.3, 0.4) is 0 Å². The number of hydrogen-bond donors (Lipinski definition) is 2. The number of ether oxygens (including phenoxy) is 2. The van der Waals surface area contributed by atoms with Gasteiger partial charge in [0.05, 0.1) is 11.8 Å². The molecule has 1 fully saturated rings. The number of aliphatic hydroxyl groups is 1. The smallest absolute Gasteiger partial charge is 0.405 e. The number of halogens is 1. The number of nitrogens with zero attached hydrogens (tertiary/aromatic N) is 1. The highest BCUT2D eigenvalue weighted by atomic mass is 19.1. The molecular formula is C18H19FN2O4. The average Bonchev–Trinajstić information content (AvgIpc) is 3.27. The van der Waals surface area contributed by atoms with Gasteiger partial charge in [-0.25, -0.2) is 14.2 Å². The average molecular weight is 346 g/mol. The fraction of sp³-hybridized carbons (Fsp3) is 0.333. The number of amides is 1. The Morgan fingerprint density at radius 2 is 2.16 bits per heavy atom. The van der Waals surface area contributed by atoms with Gasteiger partial charge in [-0.1, -0.05) is 30.3 Å². The van der Waals surface area contributed by atoms with Gasteiger partial charge in [-0.15, -0.1) is 0 Å². The van der Waals surface area contributed by atoms with Crippen molar-refractivity contribution in [1.82, 2.24) is 4.98 Å². The number of rotatable bonds is 7. The van der Waals surface area contributed by atoms with Crippen LogP contribution in [0.5, 0.6) is 5.88 Å². The second-order valence-electron chi connectivity index (χ2n) is 6.00. The molecule has 6 nitrogen and oxygen atoms in total. The van der Waals surface area contributed by atoms with Crippen molar-refractivity contribution >= 4 is 6.09 Å². The number of nitrogens with two attached hydrogens (primary N) is 1. The molecule has 1 heterocycles. The second-order valence-corrected chi connectivity index (χ2v) is 6.00. The third-order valence-electron chi connectivity index (χ3n) is 4.30. The van der Waals surface area contributed by atoms with Crippen molar-refractivity contribution in [3.8, 4) is 5.88 Å². The SMILES string of the molecule is NC(=O)OC1(c2cc(F)cnc2OCc2ccccc2)CC1CCO. The number of hydrogen-bond acceptors (Lipinski definition) is 5. The van der Waals surface area contributed by atoms with Gasteiger partial charge in [0.2, 0.25) is 5.88 Å². The van der Waals surface area contributed by atoms with E-state index in [2.05, 4.69) is 4.98 Å². The molecule has 0 radical (unpaired) electrons. The summed E-state index contributed by atoms with van der Waals surface area (Å²) >= 11 is 0. The first-order valence-corrected chi connectivity index (χ1v) is 7.97. The Morgan fingerprint density at radius 3 is 2.84 bits per heavy atom. The Balaban J connectivity index is 1.88. The van der Waals surface area contributed by atoms with Gasteiger partial charge in [-0.3, -0.25) is 0 Å². The molecule has 7 heteroatoms. The third-order valence-corrected chi connectivity index (χ3v) is 4.30. The molecule has 25 heavy (non-hydrogen) atoms. The Morgan fingerprint density at radius 1 is 1.40 bits per heavy atom. The van der Waals surface area contributed by atoms with Crippen molar-refractivity contribution in [2.75, 3.05) is 6.61 Å². The summed E-state index contributed by atoms with van der Waals surface area (Å²) in [4.78, 5) is 15.3. The molecule has 0 saturated heterocycles. The number of carbonyl (C=O) groups excluding carboxylic acids is 1. The highest BCUT2D eigenvalue weighted by Crippen LogP contribution is 2.58. The minimum Gasteiger partial charge on any atom is -0.472 e. The molecule has 1 saturated carbocycles. The lowest BCUT2D eigenvalue weighted by molar-refractivity contribution is 0.0713. The molecule has 1 aliphatic carbocycles. The number of carbonyl (C=O) groups is 1. The fourth-order valence-electron chi connectivity index (χ4n) is 3.06. The van der Waals surface area contributed by atoms with E-state index in [-0.39, 0.29) is 25.0 Å². The summed E-state index contributed by atoms with van der Waals surface area (Å²) < 4.78 is 24.8. The predicted molar refractivity (Wildman–Crippen MR) is 87.1 cm³/mol. The first kappa shape index (κ1) is 17.2. The molecule has 2 atom stereocenters. The largest absolute Gasteiger partial charge is 0.472 e. The van der Waals surface area contributed by atoms with Gasteiger partial charge in [0.25, 0.3) is 0 Å². The van der Waals surface area contributed by atoms with Crippen LogP contribution in [0.2, 0.25) is 0 Å². The van der Waals surface area contributed by atoms with E-state index in [0.29, 0.717) is 18.4 Å². The van der Waals surface area contributed by atoms with Crippen molar-refractivity contribution < 1.29 is 23.8 Å². The lowest BCUT2D eigenvalue weighted by Crippen LogP contribution is -2.26. The molecule has 0 aliphatic heterocycles. The standard InChI is InChI=1S/C18H19FN2O4/c19-14-8-15(18(25-17(20)23)9-13(18)6-7-22)16(21-10-14)24-11-12-4-2-1-3-5-12/h1-5,8,10,13,22H,6-7,9,11H2,(H2,20,23). The molecule has 2 aromatic rings. The molecule has 0 spiro atoms. The molecule has 1 aliphatic rings. The quantitative estimate of drug-likeness (QED) is 0.803. The van der Waals surface area contributed by atoms with Gasteiger partial charge in [-0.05, 0) is 24.5 Å². The first-order chi connectivity index (χ1) is 12.0. The highest BCUT2D eigenvalue weighted by Gasteiger charge is 2.60. The molecule has 0 bridgehead atoms. The molecule has 1 aromatic heterocycles. The van der Waals surface area contributed by atoms with Gasteiger partial charge in [0.15, 0.2) is 0 Å². The number of aliphatic hydroxyl groups excluding tert-OH is 1. The Kier molecular flexibility index (Phi) is 4.85. The molecule has 2 unspecified atom stereocenters. The van der Waals surface area contributed by atoms with Crippen LogP contribution in [0.1, 0.15) is 24.0 Å². The summed E-state index contributed by atoms with van der Waals surface area (Å²) in [6.45, 7) is 0.168. The molecule has 1 amide bonds. The minimum atomic E-state index is -1.10. The summed E-state index contributed by atoms with van der Waals surface area (Å²) in [5.41, 5.74) is 5.34. The lowest BCUT2D eigenvalue weighted by Gasteiger charge is -2.20. The van der Waals surface area contributed by atoms with Gasteiger partial charge in [-0.2, -0.15) is 0 Å². The normalized spacial score (nSPS) is 21.6.